The highest BCUT2D eigenvalue weighted by atomic mass is 19.3. The molecular formula is C18H17F3N2O3. The molecule has 1 amide bonds. The van der Waals surface area contributed by atoms with E-state index in [2.05, 4.69) is 10.1 Å². The number of hydrogen-bond acceptors (Lipinski definition) is 4. The molecule has 1 atom stereocenters. The number of carbonyl (C=O) groups excluding carboxylic acids is 1. The number of halogens is 3. The zero-order valence-corrected chi connectivity index (χ0v) is 13.8. The highest BCUT2D eigenvalue weighted by molar-refractivity contribution is 6.02. The van der Waals surface area contributed by atoms with Gasteiger partial charge in [-0.25, -0.2) is 4.39 Å². The Morgan fingerprint density at radius 1 is 1.31 bits per heavy atom. The standard InChI is InChI=1S/C18H17F3N2O3/c19-12-3-11(4-14(6-12)26-18(20)21)10-1-2-15-16(5-10)22-9-23(17(15)24)13-7-25-8-13/h1-5,12-13,18,22H,6-9H2. The van der Waals surface area contributed by atoms with E-state index in [-0.39, 0.29) is 24.1 Å². The average Bonchev–Trinajstić information content (AvgIpc) is 2.54. The maximum Gasteiger partial charge on any atom is 0.387 e. The Morgan fingerprint density at radius 2 is 2.12 bits per heavy atom. The Labute approximate surface area is 148 Å². The first-order valence-electron chi connectivity index (χ1n) is 8.29. The molecule has 0 spiro atoms. The molecule has 8 heteroatoms. The molecule has 26 heavy (non-hydrogen) atoms. The summed E-state index contributed by atoms with van der Waals surface area (Å²) in [7, 11) is 0. The molecule has 2 aliphatic heterocycles. The zero-order chi connectivity index (χ0) is 18.3. The van der Waals surface area contributed by atoms with E-state index in [9.17, 15) is 18.0 Å². The summed E-state index contributed by atoms with van der Waals surface area (Å²) in [5, 5.41) is 3.18. The number of amides is 1. The van der Waals surface area contributed by atoms with E-state index >= 15 is 0 Å². The van der Waals surface area contributed by atoms with Gasteiger partial charge in [-0.3, -0.25) is 4.79 Å². The van der Waals surface area contributed by atoms with Crippen LogP contribution in [0.15, 0.2) is 36.1 Å². The molecule has 0 radical (unpaired) electrons. The van der Waals surface area contributed by atoms with Gasteiger partial charge in [0.25, 0.3) is 5.91 Å². The van der Waals surface area contributed by atoms with Gasteiger partial charge in [0.1, 0.15) is 11.9 Å². The molecule has 1 saturated heterocycles. The maximum atomic E-state index is 13.9. The lowest BCUT2D eigenvalue weighted by Gasteiger charge is -2.40. The van der Waals surface area contributed by atoms with Crippen LogP contribution in [0, 0.1) is 0 Å². The molecule has 0 bridgehead atoms. The summed E-state index contributed by atoms with van der Waals surface area (Å²) in [6, 6.07) is 5.14. The lowest BCUT2D eigenvalue weighted by atomic mass is 9.95. The van der Waals surface area contributed by atoms with Gasteiger partial charge >= 0.3 is 6.61 Å². The van der Waals surface area contributed by atoms with Crippen LogP contribution >= 0.6 is 0 Å². The molecule has 2 heterocycles. The molecule has 1 aliphatic carbocycles. The summed E-state index contributed by atoms with van der Waals surface area (Å²) in [5.41, 5.74) is 2.23. The number of allylic oxidation sites excluding steroid dienone is 4. The van der Waals surface area contributed by atoms with Gasteiger partial charge in [-0.05, 0) is 35.4 Å². The van der Waals surface area contributed by atoms with Crippen molar-refractivity contribution in [3.8, 4) is 0 Å². The van der Waals surface area contributed by atoms with E-state index in [1.165, 1.54) is 12.2 Å². The van der Waals surface area contributed by atoms with Gasteiger partial charge in [-0.2, -0.15) is 8.78 Å². The SMILES string of the molecule is O=C1c2ccc(C3=CC(F)CC(OC(F)F)=C3)cc2NCN1C1COC1. The predicted molar refractivity (Wildman–Crippen MR) is 88.4 cm³/mol. The first-order valence-corrected chi connectivity index (χ1v) is 8.29. The Hall–Kier alpha value is -2.48. The quantitative estimate of drug-likeness (QED) is 0.890. The van der Waals surface area contributed by atoms with Crippen LogP contribution in [0.5, 0.6) is 0 Å². The number of alkyl halides is 3. The van der Waals surface area contributed by atoms with Crippen LogP contribution in [-0.2, 0) is 9.47 Å². The number of fused-ring (bicyclic) bond motifs is 1. The second-order valence-electron chi connectivity index (χ2n) is 6.39. The summed E-state index contributed by atoms with van der Waals surface area (Å²) in [5.74, 6) is -0.181. The smallest absolute Gasteiger partial charge is 0.387 e. The monoisotopic (exact) mass is 366 g/mol. The van der Waals surface area contributed by atoms with Crippen LogP contribution < -0.4 is 5.32 Å². The van der Waals surface area contributed by atoms with Crippen molar-refractivity contribution < 1.29 is 27.4 Å². The number of ether oxygens (including phenoxy) is 2. The summed E-state index contributed by atoms with van der Waals surface area (Å²) in [6.45, 7) is -1.56. The largest absolute Gasteiger partial charge is 0.439 e. The highest BCUT2D eigenvalue weighted by Gasteiger charge is 2.34. The van der Waals surface area contributed by atoms with Crippen LogP contribution in [0.2, 0.25) is 0 Å². The molecule has 4 rings (SSSR count). The van der Waals surface area contributed by atoms with Crippen molar-refractivity contribution >= 4 is 17.2 Å². The third kappa shape index (κ3) is 3.16. The molecule has 138 valence electrons. The highest BCUT2D eigenvalue weighted by Crippen LogP contribution is 2.33. The normalized spacial score (nSPS) is 23.0. The third-order valence-corrected chi connectivity index (χ3v) is 4.66. The van der Waals surface area contributed by atoms with Gasteiger partial charge in [-0.1, -0.05) is 6.07 Å². The van der Waals surface area contributed by atoms with E-state index in [0.717, 1.165) is 0 Å². The molecule has 1 aromatic rings. The summed E-state index contributed by atoms with van der Waals surface area (Å²) in [4.78, 5) is 14.3. The minimum atomic E-state index is -2.99. The topological polar surface area (TPSA) is 50.8 Å². The van der Waals surface area contributed by atoms with E-state index in [1.54, 1.807) is 23.1 Å². The van der Waals surface area contributed by atoms with Gasteiger partial charge in [0.2, 0.25) is 0 Å². The molecule has 1 N–H and O–H groups in total. The third-order valence-electron chi connectivity index (χ3n) is 4.66. The van der Waals surface area contributed by atoms with Crippen molar-refractivity contribution in [2.45, 2.75) is 25.2 Å². The molecule has 0 aromatic heterocycles. The molecule has 1 unspecified atom stereocenters. The van der Waals surface area contributed by atoms with Crippen LogP contribution in [0.3, 0.4) is 0 Å². The minimum absolute atomic E-state index is 0.0770. The van der Waals surface area contributed by atoms with Crippen LogP contribution in [0.1, 0.15) is 22.3 Å². The first-order chi connectivity index (χ1) is 12.5. The van der Waals surface area contributed by atoms with Gasteiger partial charge in [0.15, 0.2) is 0 Å². The fourth-order valence-electron chi connectivity index (χ4n) is 3.25. The lowest BCUT2D eigenvalue weighted by molar-refractivity contribution is -0.0997. The molecule has 1 aromatic carbocycles. The fourth-order valence-corrected chi connectivity index (χ4v) is 3.25. The molecule has 5 nitrogen and oxygen atoms in total. The Balaban J connectivity index is 1.59. The van der Waals surface area contributed by atoms with Crippen molar-refractivity contribution in [3.05, 3.63) is 47.2 Å². The Kier molecular flexibility index (Phi) is 4.36. The molecule has 1 fully saturated rings. The zero-order valence-electron chi connectivity index (χ0n) is 13.8. The van der Waals surface area contributed by atoms with Gasteiger partial charge < -0.3 is 19.7 Å². The average molecular weight is 366 g/mol. The minimum Gasteiger partial charge on any atom is -0.439 e. The Bertz CT molecular complexity index is 790. The summed E-state index contributed by atoms with van der Waals surface area (Å²) >= 11 is 0. The number of anilines is 1. The number of nitrogens with one attached hydrogen (secondary N) is 1. The summed E-state index contributed by atoms with van der Waals surface area (Å²) < 4.78 is 48.2. The maximum absolute atomic E-state index is 13.9. The molecule has 0 saturated carbocycles. The molecular weight excluding hydrogens is 349 g/mol. The Morgan fingerprint density at radius 3 is 2.81 bits per heavy atom. The van der Waals surface area contributed by atoms with Gasteiger partial charge in [-0.15, -0.1) is 0 Å². The molecule has 3 aliphatic rings. The van der Waals surface area contributed by atoms with Crippen molar-refractivity contribution in [2.24, 2.45) is 0 Å². The second-order valence-corrected chi connectivity index (χ2v) is 6.39. The van der Waals surface area contributed by atoms with Gasteiger partial charge in [0, 0.05) is 12.1 Å². The van der Waals surface area contributed by atoms with E-state index in [1.807, 2.05) is 0 Å². The van der Waals surface area contributed by atoms with Crippen LogP contribution in [0.25, 0.3) is 5.57 Å². The fraction of sp³-hybridized carbons (Fsp3) is 0.389. The number of rotatable bonds is 4. The van der Waals surface area contributed by atoms with E-state index in [4.69, 9.17) is 4.74 Å². The predicted octanol–water partition coefficient (Wildman–Crippen LogP) is 3.16. The van der Waals surface area contributed by atoms with Gasteiger partial charge in [0.05, 0.1) is 31.5 Å². The number of benzene rings is 1. The second kappa shape index (κ2) is 6.68. The van der Waals surface area contributed by atoms with Crippen molar-refractivity contribution in [1.82, 2.24) is 4.90 Å². The van der Waals surface area contributed by atoms with Crippen molar-refractivity contribution in [2.75, 3.05) is 25.2 Å². The number of hydrogen-bond donors (Lipinski definition) is 1. The lowest BCUT2D eigenvalue weighted by Crippen LogP contribution is -2.55. The number of nitrogens with zero attached hydrogens (tertiary/aromatic N) is 1. The van der Waals surface area contributed by atoms with Crippen molar-refractivity contribution in [1.29, 1.82) is 0 Å². The van der Waals surface area contributed by atoms with Crippen molar-refractivity contribution in [3.63, 3.8) is 0 Å². The van der Waals surface area contributed by atoms with E-state index in [0.29, 0.717) is 42.3 Å². The van der Waals surface area contributed by atoms with Crippen LogP contribution in [-0.4, -0.2) is 49.5 Å². The van der Waals surface area contributed by atoms with Crippen LogP contribution in [0.4, 0.5) is 18.9 Å². The van der Waals surface area contributed by atoms with E-state index < -0.39 is 12.8 Å². The summed E-state index contributed by atoms with van der Waals surface area (Å²) in [6.07, 6.45) is 1.16. The number of carbonyl (C=O) groups is 1. The first kappa shape index (κ1) is 17.0.